The molecule has 0 atom stereocenters. The van der Waals surface area contributed by atoms with Gasteiger partial charge in [0, 0.05) is 4.47 Å². The molecular weight excluding hydrogens is 392 g/mol. The molecule has 0 aromatic heterocycles. The molecule has 0 unspecified atom stereocenters. The zero-order valence-electron chi connectivity index (χ0n) is 13.9. The fourth-order valence-electron chi connectivity index (χ4n) is 1.93. The SMILES string of the molecule is COc1ccc(Br)c(CC(=O)O)c1.COc1cccc(CC(=O)O)c1. The van der Waals surface area contributed by atoms with E-state index in [1.54, 1.807) is 56.7 Å². The third-order valence-corrected chi connectivity index (χ3v) is 3.86. The Balaban J connectivity index is 0.000000251. The summed E-state index contributed by atoms with van der Waals surface area (Å²) in [6.07, 6.45) is 0.0367. The predicted octanol–water partition coefficient (Wildman–Crippen LogP) is 3.41. The summed E-state index contributed by atoms with van der Waals surface area (Å²) in [5.41, 5.74) is 1.47. The van der Waals surface area contributed by atoms with Gasteiger partial charge in [-0.15, -0.1) is 0 Å². The Morgan fingerprint density at radius 3 is 2.08 bits per heavy atom. The van der Waals surface area contributed by atoms with Crippen molar-refractivity contribution in [1.29, 1.82) is 0 Å². The lowest BCUT2D eigenvalue weighted by Crippen LogP contribution is -2.01. The van der Waals surface area contributed by atoms with Crippen LogP contribution in [0.1, 0.15) is 11.1 Å². The number of aliphatic carboxylic acids is 2. The van der Waals surface area contributed by atoms with Crippen LogP contribution in [-0.4, -0.2) is 36.4 Å². The fraction of sp³-hybridized carbons (Fsp3) is 0.222. The topological polar surface area (TPSA) is 93.1 Å². The quantitative estimate of drug-likeness (QED) is 0.757. The largest absolute Gasteiger partial charge is 0.497 e. The molecule has 2 aromatic carbocycles. The zero-order chi connectivity index (χ0) is 18.8. The summed E-state index contributed by atoms with van der Waals surface area (Å²) < 4.78 is 10.7. The number of hydrogen-bond donors (Lipinski definition) is 2. The lowest BCUT2D eigenvalue weighted by atomic mass is 10.1. The Labute approximate surface area is 154 Å². The number of benzene rings is 2. The standard InChI is InChI=1S/C9H9BrO3.C9H10O3/c1-13-7-2-3-8(10)6(4-7)5-9(11)12;1-12-8-4-2-3-7(5-8)6-9(10)11/h2-4H,5H2,1H3,(H,11,12);2-5H,6H2,1H3,(H,10,11). The van der Waals surface area contributed by atoms with Crippen LogP contribution in [0.15, 0.2) is 46.9 Å². The van der Waals surface area contributed by atoms with E-state index in [-0.39, 0.29) is 12.8 Å². The molecule has 7 heteroatoms. The van der Waals surface area contributed by atoms with Gasteiger partial charge in [-0.25, -0.2) is 0 Å². The van der Waals surface area contributed by atoms with Gasteiger partial charge in [-0.05, 0) is 41.5 Å². The van der Waals surface area contributed by atoms with Gasteiger partial charge in [0.2, 0.25) is 0 Å². The first-order chi connectivity index (χ1) is 11.8. The highest BCUT2D eigenvalue weighted by Gasteiger charge is 2.06. The maximum absolute atomic E-state index is 10.5. The summed E-state index contributed by atoms with van der Waals surface area (Å²) in [4.78, 5) is 20.8. The van der Waals surface area contributed by atoms with Gasteiger partial charge in [0.1, 0.15) is 11.5 Å². The molecular formula is C18H19BrO6. The Bertz CT molecular complexity index is 729. The average Bonchev–Trinajstić information content (AvgIpc) is 2.56. The molecule has 0 saturated heterocycles. The minimum absolute atomic E-state index is 0.00220. The van der Waals surface area contributed by atoms with Crippen molar-refractivity contribution in [2.75, 3.05) is 14.2 Å². The van der Waals surface area contributed by atoms with Gasteiger partial charge in [0.25, 0.3) is 0 Å². The monoisotopic (exact) mass is 410 g/mol. The van der Waals surface area contributed by atoms with E-state index in [1.807, 2.05) is 0 Å². The number of rotatable bonds is 6. The van der Waals surface area contributed by atoms with Crippen molar-refractivity contribution in [1.82, 2.24) is 0 Å². The molecule has 0 heterocycles. The van der Waals surface area contributed by atoms with Crippen LogP contribution in [-0.2, 0) is 22.4 Å². The molecule has 134 valence electrons. The van der Waals surface area contributed by atoms with Crippen molar-refractivity contribution in [2.45, 2.75) is 12.8 Å². The molecule has 0 spiro atoms. The van der Waals surface area contributed by atoms with E-state index in [0.29, 0.717) is 17.1 Å². The van der Waals surface area contributed by atoms with Crippen LogP contribution in [0.3, 0.4) is 0 Å². The molecule has 25 heavy (non-hydrogen) atoms. The van der Waals surface area contributed by atoms with E-state index in [4.69, 9.17) is 19.7 Å². The van der Waals surface area contributed by atoms with Crippen LogP contribution in [0, 0.1) is 0 Å². The van der Waals surface area contributed by atoms with Crippen molar-refractivity contribution in [3.05, 3.63) is 58.1 Å². The number of carboxylic acids is 2. The molecule has 0 aliphatic rings. The Morgan fingerprint density at radius 2 is 1.52 bits per heavy atom. The molecule has 0 amide bonds. The Kier molecular flexibility index (Phi) is 8.49. The third kappa shape index (κ3) is 7.71. The fourth-order valence-corrected chi connectivity index (χ4v) is 2.32. The molecule has 0 fully saturated rings. The van der Waals surface area contributed by atoms with Crippen molar-refractivity contribution in [3.63, 3.8) is 0 Å². The van der Waals surface area contributed by atoms with Gasteiger partial charge < -0.3 is 19.7 Å². The second-order valence-corrected chi connectivity index (χ2v) is 5.80. The van der Waals surface area contributed by atoms with Crippen LogP contribution < -0.4 is 9.47 Å². The number of halogens is 1. The number of ether oxygens (including phenoxy) is 2. The van der Waals surface area contributed by atoms with Crippen LogP contribution >= 0.6 is 15.9 Å². The summed E-state index contributed by atoms with van der Waals surface area (Å²) in [6.45, 7) is 0. The van der Waals surface area contributed by atoms with Gasteiger partial charge in [0.15, 0.2) is 0 Å². The normalized spacial score (nSPS) is 9.56. The van der Waals surface area contributed by atoms with Crippen molar-refractivity contribution >= 4 is 27.9 Å². The second-order valence-electron chi connectivity index (χ2n) is 4.95. The first-order valence-corrected chi connectivity index (χ1v) is 8.04. The van der Waals surface area contributed by atoms with Gasteiger partial charge in [0.05, 0.1) is 27.1 Å². The van der Waals surface area contributed by atoms with Gasteiger partial charge >= 0.3 is 11.9 Å². The third-order valence-electron chi connectivity index (χ3n) is 3.08. The molecule has 2 aromatic rings. The van der Waals surface area contributed by atoms with E-state index in [0.717, 1.165) is 10.0 Å². The van der Waals surface area contributed by atoms with Gasteiger partial charge in [-0.2, -0.15) is 0 Å². The van der Waals surface area contributed by atoms with Crippen LogP contribution in [0.4, 0.5) is 0 Å². The molecule has 0 aliphatic carbocycles. The van der Waals surface area contributed by atoms with E-state index in [2.05, 4.69) is 15.9 Å². The van der Waals surface area contributed by atoms with Crippen molar-refractivity contribution in [3.8, 4) is 11.5 Å². The highest BCUT2D eigenvalue weighted by Crippen LogP contribution is 2.22. The molecule has 0 radical (unpaired) electrons. The molecule has 2 N–H and O–H groups in total. The molecule has 6 nitrogen and oxygen atoms in total. The van der Waals surface area contributed by atoms with E-state index >= 15 is 0 Å². The van der Waals surface area contributed by atoms with Crippen molar-refractivity contribution in [2.24, 2.45) is 0 Å². The van der Waals surface area contributed by atoms with Crippen LogP contribution in [0.2, 0.25) is 0 Å². The first-order valence-electron chi connectivity index (χ1n) is 7.24. The zero-order valence-corrected chi connectivity index (χ0v) is 15.4. The van der Waals surface area contributed by atoms with Crippen LogP contribution in [0.25, 0.3) is 0 Å². The highest BCUT2D eigenvalue weighted by atomic mass is 79.9. The summed E-state index contributed by atoms with van der Waals surface area (Å²) in [5.74, 6) is -0.328. The average molecular weight is 411 g/mol. The number of carboxylic acid groups (broad SMARTS) is 2. The molecule has 0 saturated carbocycles. The second kappa shape index (κ2) is 10.4. The van der Waals surface area contributed by atoms with Gasteiger partial charge in [-0.3, -0.25) is 9.59 Å². The highest BCUT2D eigenvalue weighted by molar-refractivity contribution is 9.10. The summed E-state index contributed by atoms with van der Waals surface area (Å²) in [7, 11) is 3.10. The predicted molar refractivity (Wildman–Crippen MR) is 96.4 cm³/mol. The van der Waals surface area contributed by atoms with Crippen LogP contribution in [0.5, 0.6) is 11.5 Å². The minimum Gasteiger partial charge on any atom is -0.497 e. The van der Waals surface area contributed by atoms with Crippen molar-refractivity contribution < 1.29 is 29.3 Å². The summed E-state index contributed by atoms with van der Waals surface area (Å²) >= 11 is 3.27. The molecule has 0 bridgehead atoms. The smallest absolute Gasteiger partial charge is 0.307 e. The summed E-state index contributed by atoms with van der Waals surface area (Å²) in [5, 5.41) is 17.1. The summed E-state index contributed by atoms with van der Waals surface area (Å²) in [6, 6.07) is 12.3. The molecule has 2 rings (SSSR count). The maximum Gasteiger partial charge on any atom is 0.307 e. The lowest BCUT2D eigenvalue weighted by Gasteiger charge is -2.04. The number of hydrogen-bond acceptors (Lipinski definition) is 4. The van der Waals surface area contributed by atoms with E-state index in [1.165, 1.54) is 0 Å². The number of carbonyl (C=O) groups is 2. The number of methoxy groups -OCH3 is 2. The molecule has 0 aliphatic heterocycles. The Morgan fingerprint density at radius 1 is 0.920 bits per heavy atom. The lowest BCUT2D eigenvalue weighted by molar-refractivity contribution is -0.137. The minimum atomic E-state index is -0.853. The maximum atomic E-state index is 10.5. The Hall–Kier alpha value is -2.54. The van der Waals surface area contributed by atoms with Gasteiger partial charge in [-0.1, -0.05) is 28.1 Å². The van der Waals surface area contributed by atoms with E-state index in [9.17, 15) is 9.59 Å². The first kappa shape index (κ1) is 20.5. The van der Waals surface area contributed by atoms with E-state index < -0.39 is 11.9 Å².